The van der Waals surface area contributed by atoms with Gasteiger partial charge in [0.2, 0.25) is 0 Å². The van der Waals surface area contributed by atoms with E-state index in [1.807, 2.05) is 13.8 Å². The van der Waals surface area contributed by atoms with Crippen LogP contribution in [0.15, 0.2) is 5.11 Å². The number of rotatable bonds is 18. The molecule has 0 aliphatic carbocycles. The summed E-state index contributed by atoms with van der Waals surface area (Å²) in [5.74, 6) is -0.660. The smallest absolute Gasteiger partial charge is 0.191 e. The number of hydrogen-bond acceptors (Lipinski definition) is 4. The Morgan fingerprint density at radius 2 is 1.41 bits per heavy atom. The van der Waals surface area contributed by atoms with Crippen molar-refractivity contribution in [3.05, 3.63) is 10.4 Å². The van der Waals surface area contributed by atoms with Gasteiger partial charge in [0.15, 0.2) is 14.1 Å². The Balaban J connectivity index is 2.43. The van der Waals surface area contributed by atoms with E-state index >= 15 is 0 Å². The Labute approximate surface area is 211 Å². The van der Waals surface area contributed by atoms with Crippen LogP contribution in [0.3, 0.4) is 0 Å². The van der Waals surface area contributed by atoms with Crippen LogP contribution < -0.4 is 0 Å². The highest BCUT2D eigenvalue weighted by atomic mass is 28.4. The summed E-state index contributed by atoms with van der Waals surface area (Å²) in [7, 11) is -1.94. The Morgan fingerprint density at radius 1 is 0.912 bits per heavy atom. The van der Waals surface area contributed by atoms with Gasteiger partial charge in [0.1, 0.15) is 0 Å². The third-order valence-electron chi connectivity index (χ3n) is 7.56. The van der Waals surface area contributed by atoms with Crippen LogP contribution in [0.4, 0.5) is 0 Å². The van der Waals surface area contributed by atoms with Gasteiger partial charge in [0.05, 0.1) is 18.2 Å². The van der Waals surface area contributed by atoms with Crippen molar-refractivity contribution in [1.82, 2.24) is 0 Å². The number of azide groups is 1. The third kappa shape index (κ3) is 11.9. The van der Waals surface area contributed by atoms with E-state index in [0.717, 1.165) is 12.8 Å². The van der Waals surface area contributed by atoms with Gasteiger partial charge in [-0.15, -0.1) is 0 Å². The first-order chi connectivity index (χ1) is 15.9. The molecule has 0 aromatic carbocycles. The maximum atomic E-state index is 9.21. The molecule has 0 radical (unpaired) electrons. The van der Waals surface area contributed by atoms with Gasteiger partial charge in [-0.2, -0.15) is 0 Å². The van der Waals surface area contributed by atoms with Crippen molar-refractivity contribution >= 4 is 8.32 Å². The van der Waals surface area contributed by atoms with Crippen molar-refractivity contribution in [3.63, 3.8) is 0 Å². The topological polar surface area (TPSA) is 76.5 Å². The summed E-state index contributed by atoms with van der Waals surface area (Å²) in [5.41, 5.74) is 9.21. The molecule has 1 heterocycles. The Bertz CT molecular complexity index is 600. The summed E-state index contributed by atoms with van der Waals surface area (Å²) < 4.78 is 18.9. The van der Waals surface area contributed by atoms with E-state index in [2.05, 4.69) is 50.8 Å². The lowest BCUT2D eigenvalue weighted by Gasteiger charge is -2.37. The summed E-state index contributed by atoms with van der Waals surface area (Å²) in [4.78, 5) is 3.12. The second-order valence-corrected chi connectivity index (χ2v) is 17.0. The second-order valence-electron chi connectivity index (χ2n) is 12.2. The van der Waals surface area contributed by atoms with Crippen LogP contribution in [-0.2, 0) is 13.9 Å². The molecule has 0 unspecified atom stereocenters. The minimum atomic E-state index is -1.94. The fourth-order valence-corrected chi connectivity index (χ4v) is 5.39. The number of unbranched alkanes of at least 4 members (excludes halogenated alkanes) is 11. The van der Waals surface area contributed by atoms with Crippen LogP contribution in [0.5, 0.6) is 0 Å². The number of nitrogens with zero attached hydrogens (tertiary/aromatic N) is 3. The van der Waals surface area contributed by atoms with E-state index < -0.39 is 14.1 Å². The van der Waals surface area contributed by atoms with Crippen LogP contribution in [0.25, 0.3) is 10.4 Å². The molecule has 0 N–H and O–H groups in total. The van der Waals surface area contributed by atoms with Gasteiger partial charge in [-0.3, -0.25) is 0 Å². The van der Waals surface area contributed by atoms with Gasteiger partial charge < -0.3 is 13.9 Å². The SMILES string of the molecule is CCCCCCCCCCCCCC[C@@H]1OC(C)(C)O[C@H]1[C@H](CO[Si](C)(C)C(C)(C)C)N=[N+]=[N-]. The molecule has 0 saturated carbocycles. The largest absolute Gasteiger partial charge is 0.416 e. The molecule has 34 heavy (non-hydrogen) atoms. The highest BCUT2D eigenvalue weighted by molar-refractivity contribution is 6.74. The molecule has 3 atom stereocenters. The highest BCUT2D eigenvalue weighted by Gasteiger charge is 2.46. The second kappa shape index (κ2) is 15.5. The maximum Gasteiger partial charge on any atom is 0.191 e. The molecule has 1 aliphatic rings. The van der Waals surface area contributed by atoms with Gasteiger partial charge >= 0.3 is 0 Å². The minimum absolute atomic E-state index is 0.0587. The van der Waals surface area contributed by atoms with E-state index in [9.17, 15) is 5.53 Å². The first-order valence-electron chi connectivity index (χ1n) is 14.0. The zero-order chi connectivity index (χ0) is 25.7. The fraction of sp³-hybridized carbons (Fsp3) is 1.00. The van der Waals surface area contributed by atoms with Gasteiger partial charge in [0, 0.05) is 11.5 Å². The Hall–Kier alpha value is -0.593. The first kappa shape index (κ1) is 31.4. The van der Waals surface area contributed by atoms with E-state index in [-0.39, 0.29) is 23.3 Å². The zero-order valence-electron chi connectivity index (χ0n) is 23.7. The van der Waals surface area contributed by atoms with E-state index in [0.29, 0.717) is 6.61 Å². The average molecular weight is 498 g/mol. The molecule has 1 aliphatic heterocycles. The third-order valence-corrected chi connectivity index (χ3v) is 12.1. The molecule has 6 nitrogen and oxygen atoms in total. The van der Waals surface area contributed by atoms with Crippen molar-refractivity contribution in [2.75, 3.05) is 6.61 Å². The fourth-order valence-electron chi connectivity index (χ4n) is 4.37. The standard InChI is InChI=1S/C27H55N3O3Si/c1-9-10-11-12-13-14-15-16-17-18-19-20-21-24-25(33-27(5,6)32-24)23(29-30-28)22-31-34(7,8)26(2,3)4/h23-25H,9-22H2,1-8H3/t23-,24-,25-/m0/s1. The van der Waals surface area contributed by atoms with E-state index in [1.165, 1.54) is 70.6 Å². The molecule has 0 amide bonds. The molecule has 1 fully saturated rings. The Morgan fingerprint density at radius 3 is 1.88 bits per heavy atom. The molecule has 0 bridgehead atoms. The maximum absolute atomic E-state index is 9.21. The molecule has 7 heteroatoms. The van der Waals surface area contributed by atoms with E-state index in [4.69, 9.17) is 13.9 Å². The lowest BCUT2D eigenvalue weighted by atomic mass is 10.00. The molecule has 200 valence electrons. The normalized spacial score (nSPS) is 21.4. The number of ether oxygens (including phenoxy) is 2. The predicted octanol–water partition coefficient (Wildman–Crippen LogP) is 9.30. The minimum Gasteiger partial charge on any atom is -0.416 e. The first-order valence-corrected chi connectivity index (χ1v) is 16.9. The molecule has 0 aromatic heterocycles. The van der Waals surface area contributed by atoms with Crippen molar-refractivity contribution in [2.45, 2.75) is 167 Å². The molecule has 0 spiro atoms. The lowest BCUT2D eigenvalue weighted by molar-refractivity contribution is -0.148. The summed E-state index contributed by atoms with van der Waals surface area (Å²) in [6.45, 7) is 17.7. The van der Waals surface area contributed by atoms with E-state index in [1.54, 1.807) is 0 Å². The van der Waals surface area contributed by atoms with Crippen molar-refractivity contribution < 1.29 is 13.9 Å². The molecule has 0 aromatic rings. The Kier molecular flexibility index (Phi) is 14.3. The van der Waals surface area contributed by atoms with Crippen LogP contribution in [0, 0.1) is 0 Å². The monoisotopic (exact) mass is 497 g/mol. The summed E-state index contributed by atoms with van der Waals surface area (Å²) in [5, 5.41) is 4.20. The van der Waals surface area contributed by atoms with Crippen molar-refractivity contribution in [3.8, 4) is 0 Å². The van der Waals surface area contributed by atoms with Crippen LogP contribution in [0.1, 0.15) is 125 Å². The van der Waals surface area contributed by atoms with Crippen LogP contribution in [-0.4, -0.2) is 39.0 Å². The summed E-state index contributed by atoms with van der Waals surface area (Å²) in [6.07, 6.45) is 16.6. The average Bonchev–Trinajstić information content (AvgIpc) is 3.05. The van der Waals surface area contributed by atoms with Crippen molar-refractivity contribution in [1.29, 1.82) is 0 Å². The molecule has 1 rings (SSSR count). The van der Waals surface area contributed by atoms with Gasteiger partial charge in [-0.1, -0.05) is 110 Å². The predicted molar refractivity (Wildman–Crippen MR) is 146 cm³/mol. The van der Waals surface area contributed by atoms with Crippen LogP contribution >= 0.6 is 0 Å². The molecular weight excluding hydrogens is 442 g/mol. The summed E-state index contributed by atoms with van der Waals surface area (Å²) >= 11 is 0. The van der Waals surface area contributed by atoms with Crippen molar-refractivity contribution in [2.24, 2.45) is 5.11 Å². The van der Waals surface area contributed by atoms with Gasteiger partial charge in [-0.25, -0.2) is 0 Å². The molecular formula is C27H55N3O3Si. The lowest BCUT2D eigenvalue weighted by Crippen LogP contribution is -2.45. The quantitative estimate of drug-likeness (QED) is 0.0622. The molecule has 1 saturated heterocycles. The highest BCUT2D eigenvalue weighted by Crippen LogP contribution is 2.38. The van der Waals surface area contributed by atoms with Gasteiger partial charge in [-0.05, 0) is 43.9 Å². The van der Waals surface area contributed by atoms with Gasteiger partial charge in [0.25, 0.3) is 0 Å². The number of hydrogen-bond donors (Lipinski definition) is 0. The zero-order valence-corrected chi connectivity index (χ0v) is 24.7. The van der Waals surface area contributed by atoms with Crippen LogP contribution in [0.2, 0.25) is 18.1 Å². The summed E-state index contributed by atoms with van der Waals surface area (Å²) in [6, 6.07) is -0.372.